The predicted molar refractivity (Wildman–Crippen MR) is 106 cm³/mol. The first kappa shape index (κ1) is 19.2. The molecule has 0 atom stereocenters. The molecule has 1 amide bonds. The van der Waals surface area contributed by atoms with Gasteiger partial charge in [-0.15, -0.1) is 11.3 Å². The Labute approximate surface area is 167 Å². The number of nitrogens with zero attached hydrogens (tertiary/aromatic N) is 2. The van der Waals surface area contributed by atoms with Gasteiger partial charge in [-0.3, -0.25) is 10.1 Å². The van der Waals surface area contributed by atoms with Crippen LogP contribution in [0.15, 0.2) is 18.2 Å². The number of hydrogen-bond donors (Lipinski definition) is 1. The molecule has 150 valence electrons. The summed E-state index contributed by atoms with van der Waals surface area (Å²) >= 11 is 1.32. The number of thiazole rings is 1. The Kier molecular flexibility index (Phi) is 5.02. The first-order chi connectivity index (χ1) is 13.4. The summed E-state index contributed by atoms with van der Waals surface area (Å²) in [7, 11) is -0.165. The van der Waals surface area contributed by atoms with E-state index in [1.165, 1.54) is 25.6 Å². The van der Waals surface area contributed by atoms with E-state index in [0.717, 1.165) is 23.4 Å². The summed E-state index contributed by atoms with van der Waals surface area (Å²) in [6.45, 7) is 0.769. The highest BCUT2D eigenvalue weighted by atomic mass is 32.2. The summed E-state index contributed by atoms with van der Waals surface area (Å²) < 4.78 is 36.9. The van der Waals surface area contributed by atoms with Gasteiger partial charge in [-0.25, -0.2) is 13.4 Å². The van der Waals surface area contributed by atoms with Gasteiger partial charge in [-0.2, -0.15) is 4.31 Å². The van der Waals surface area contributed by atoms with E-state index in [1.54, 1.807) is 22.5 Å². The van der Waals surface area contributed by atoms with Gasteiger partial charge in [0.05, 0.1) is 25.2 Å². The van der Waals surface area contributed by atoms with Crippen LogP contribution < -0.4 is 14.8 Å². The molecule has 8 nitrogen and oxygen atoms in total. The second-order valence-electron chi connectivity index (χ2n) is 6.77. The Bertz CT molecular complexity index is 992. The number of nitrogens with one attached hydrogen (secondary N) is 1. The van der Waals surface area contributed by atoms with Crippen LogP contribution in [0.3, 0.4) is 0 Å². The van der Waals surface area contributed by atoms with E-state index in [9.17, 15) is 13.2 Å². The van der Waals surface area contributed by atoms with Crippen molar-refractivity contribution in [2.24, 2.45) is 0 Å². The molecule has 0 spiro atoms. The lowest BCUT2D eigenvalue weighted by Crippen LogP contribution is -2.37. The molecular formula is C18H21N3O5S2. The van der Waals surface area contributed by atoms with Gasteiger partial charge in [-0.1, -0.05) is 0 Å². The van der Waals surface area contributed by atoms with Crippen molar-refractivity contribution in [2.45, 2.75) is 31.1 Å². The molecule has 1 aliphatic heterocycles. The number of hydrogen-bond acceptors (Lipinski definition) is 7. The van der Waals surface area contributed by atoms with Crippen molar-refractivity contribution < 1.29 is 22.7 Å². The monoisotopic (exact) mass is 423 g/mol. The molecule has 28 heavy (non-hydrogen) atoms. The Morgan fingerprint density at radius 3 is 2.50 bits per heavy atom. The van der Waals surface area contributed by atoms with Crippen molar-refractivity contribution >= 4 is 32.4 Å². The lowest BCUT2D eigenvalue weighted by molar-refractivity contribution is 0.102. The zero-order chi connectivity index (χ0) is 19.9. The number of ether oxygens (including phenoxy) is 2. The van der Waals surface area contributed by atoms with Gasteiger partial charge >= 0.3 is 0 Å². The van der Waals surface area contributed by atoms with Crippen LogP contribution in [0.5, 0.6) is 11.5 Å². The zero-order valence-corrected chi connectivity index (χ0v) is 17.2. The summed E-state index contributed by atoms with van der Waals surface area (Å²) in [6.07, 6.45) is 2.06. The molecule has 10 heteroatoms. The maximum absolute atomic E-state index is 12.6. The Hall–Kier alpha value is -2.17. The topological polar surface area (TPSA) is 97.8 Å². The van der Waals surface area contributed by atoms with Crippen LogP contribution >= 0.6 is 11.3 Å². The van der Waals surface area contributed by atoms with E-state index in [0.29, 0.717) is 41.7 Å². The lowest BCUT2D eigenvalue weighted by atomic mass is 10.2. The molecule has 0 bridgehead atoms. The summed E-state index contributed by atoms with van der Waals surface area (Å²) in [5.74, 6) is 0.707. The number of sulfonamides is 1. The fourth-order valence-corrected chi connectivity index (χ4v) is 6.04. The lowest BCUT2D eigenvalue weighted by Gasteiger charge is -2.25. The molecule has 1 aliphatic carbocycles. The van der Waals surface area contributed by atoms with Gasteiger partial charge in [0.25, 0.3) is 5.91 Å². The smallest absolute Gasteiger partial charge is 0.257 e. The van der Waals surface area contributed by atoms with E-state index in [1.807, 2.05) is 0 Å². The molecule has 0 unspecified atom stereocenters. The standard InChI is InChI=1S/C18H21N3O5S2/c1-25-12-7-11(8-13(9-12)26-2)17(22)20-18-19-15-5-6-21(10-16(15)27-18)28(23,24)14-3-4-14/h7-9,14H,3-6,10H2,1-2H3,(H,19,20,22). The van der Waals surface area contributed by atoms with Crippen molar-refractivity contribution in [1.82, 2.24) is 9.29 Å². The molecule has 1 aromatic heterocycles. The van der Waals surface area contributed by atoms with Crippen LogP contribution in [0.25, 0.3) is 0 Å². The molecule has 2 aromatic rings. The number of benzene rings is 1. The third kappa shape index (κ3) is 3.71. The number of carbonyl (C=O) groups is 1. The second-order valence-corrected chi connectivity index (χ2v) is 10.1. The van der Waals surface area contributed by atoms with Crippen molar-refractivity contribution in [1.29, 1.82) is 0 Å². The third-order valence-electron chi connectivity index (χ3n) is 4.84. The minimum absolute atomic E-state index is 0.218. The minimum atomic E-state index is -3.21. The van der Waals surface area contributed by atoms with Crippen LogP contribution in [-0.2, 0) is 23.0 Å². The Morgan fingerprint density at radius 2 is 1.89 bits per heavy atom. The predicted octanol–water partition coefficient (Wildman–Crippen LogP) is 2.26. The number of anilines is 1. The third-order valence-corrected chi connectivity index (χ3v) is 8.18. The molecule has 2 heterocycles. The highest BCUT2D eigenvalue weighted by Crippen LogP contribution is 2.36. The molecule has 1 saturated carbocycles. The van der Waals surface area contributed by atoms with Crippen molar-refractivity contribution in [3.05, 3.63) is 34.3 Å². The van der Waals surface area contributed by atoms with Crippen molar-refractivity contribution in [3.63, 3.8) is 0 Å². The van der Waals surface area contributed by atoms with Gasteiger partial charge in [0.1, 0.15) is 11.5 Å². The first-order valence-corrected chi connectivity index (χ1v) is 11.2. The summed E-state index contributed by atoms with van der Waals surface area (Å²) in [5.41, 5.74) is 1.24. The quantitative estimate of drug-likeness (QED) is 0.765. The molecule has 0 saturated heterocycles. The molecule has 2 aliphatic rings. The van der Waals surface area contributed by atoms with Gasteiger partial charge in [0, 0.05) is 36.0 Å². The largest absolute Gasteiger partial charge is 0.497 e. The Morgan fingerprint density at radius 1 is 1.21 bits per heavy atom. The fourth-order valence-electron chi connectivity index (χ4n) is 3.13. The molecular weight excluding hydrogens is 402 g/mol. The molecule has 1 fully saturated rings. The van der Waals surface area contributed by atoms with Crippen LogP contribution in [-0.4, -0.2) is 49.6 Å². The minimum Gasteiger partial charge on any atom is -0.497 e. The van der Waals surface area contributed by atoms with Gasteiger partial charge < -0.3 is 9.47 Å². The highest BCUT2D eigenvalue weighted by molar-refractivity contribution is 7.90. The SMILES string of the molecule is COc1cc(OC)cc(C(=O)Nc2nc3c(s2)CN(S(=O)(=O)C2CC2)CC3)c1. The molecule has 4 rings (SSSR count). The average molecular weight is 424 g/mol. The summed E-state index contributed by atoms with van der Waals surface area (Å²) in [5, 5.41) is 3.04. The van der Waals surface area contributed by atoms with Crippen molar-refractivity contribution in [2.75, 3.05) is 26.1 Å². The second kappa shape index (κ2) is 7.34. The number of carbonyl (C=O) groups excluding carboxylic acids is 1. The zero-order valence-electron chi connectivity index (χ0n) is 15.6. The first-order valence-electron chi connectivity index (χ1n) is 8.92. The number of aromatic nitrogens is 1. The highest BCUT2D eigenvalue weighted by Gasteiger charge is 2.41. The molecule has 0 radical (unpaired) electrons. The van der Waals surface area contributed by atoms with Gasteiger partial charge in [0.2, 0.25) is 10.0 Å². The van der Waals surface area contributed by atoms with Crippen LogP contribution in [0.1, 0.15) is 33.8 Å². The fraction of sp³-hybridized carbons (Fsp3) is 0.444. The van der Waals surface area contributed by atoms with E-state index in [-0.39, 0.29) is 11.2 Å². The van der Waals surface area contributed by atoms with E-state index < -0.39 is 10.0 Å². The number of fused-ring (bicyclic) bond motifs is 1. The van der Waals surface area contributed by atoms with Crippen molar-refractivity contribution in [3.8, 4) is 11.5 Å². The van der Waals surface area contributed by atoms with Gasteiger partial charge in [-0.05, 0) is 25.0 Å². The van der Waals surface area contributed by atoms with Crippen LogP contribution in [0.4, 0.5) is 5.13 Å². The number of amides is 1. The maximum Gasteiger partial charge on any atom is 0.257 e. The molecule has 1 aromatic carbocycles. The summed E-state index contributed by atoms with van der Waals surface area (Å²) in [6, 6.07) is 4.93. The molecule has 1 N–H and O–H groups in total. The van der Waals surface area contributed by atoms with E-state index >= 15 is 0 Å². The van der Waals surface area contributed by atoms with Crippen LogP contribution in [0, 0.1) is 0 Å². The number of rotatable bonds is 6. The normalized spacial score (nSPS) is 17.1. The van der Waals surface area contributed by atoms with Crippen LogP contribution in [0.2, 0.25) is 0 Å². The average Bonchev–Trinajstić information content (AvgIpc) is 3.48. The van der Waals surface area contributed by atoms with E-state index in [2.05, 4.69) is 10.3 Å². The number of methoxy groups -OCH3 is 2. The van der Waals surface area contributed by atoms with Gasteiger partial charge in [0.15, 0.2) is 5.13 Å². The Balaban J connectivity index is 1.50. The maximum atomic E-state index is 12.6. The summed E-state index contributed by atoms with van der Waals surface area (Å²) in [4.78, 5) is 18.0. The van der Waals surface area contributed by atoms with E-state index in [4.69, 9.17) is 9.47 Å².